The second-order valence-corrected chi connectivity index (χ2v) is 24.8. The van der Waals surface area contributed by atoms with Gasteiger partial charge in [-0.15, -0.1) is 0 Å². The third kappa shape index (κ3) is 11.5. The predicted molar refractivity (Wildman–Crippen MR) is 305 cm³/mol. The lowest BCUT2D eigenvalue weighted by atomic mass is 9.59. The van der Waals surface area contributed by atoms with E-state index in [0.717, 1.165) is 69.3 Å². The van der Waals surface area contributed by atoms with E-state index in [1.165, 1.54) is 29.3 Å². The van der Waals surface area contributed by atoms with Crippen LogP contribution in [0.4, 0.5) is 26.0 Å². The van der Waals surface area contributed by atoms with Crippen LogP contribution in [-0.2, 0) is 16.6 Å². The third-order valence-corrected chi connectivity index (χ3v) is 18.7. The van der Waals surface area contributed by atoms with Crippen molar-refractivity contribution in [2.75, 3.05) is 63.2 Å². The van der Waals surface area contributed by atoms with E-state index in [0.29, 0.717) is 86.2 Å². The summed E-state index contributed by atoms with van der Waals surface area (Å²) in [6, 6.07) is 21.0. The number of halogens is 2. The van der Waals surface area contributed by atoms with Crippen molar-refractivity contribution in [3.63, 3.8) is 0 Å². The van der Waals surface area contributed by atoms with Crippen molar-refractivity contribution in [2.24, 2.45) is 11.3 Å². The minimum Gasteiger partial charge on any atom is -0.493 e. The van der Waals surface area contributed by atoms with Crippen molar-refractivity contribution in [1.29, 1.82) is 0 Å². The van der Waals surface area contributed by atoms with E-state index < -0.39 is 48.9 Å². The number of nitro groups is 1. The molecule has 1 atom stereocenters. The van der Waals surface area contributed by atoms with Crippen molar-refractivity contribution in [2.45, 2.75) is 114 Å². The Bertz CT molecular complexity index is 3640. The van der Waals surface area contributed by atoms with Gasteiger partial charge in [0.25, 0.3) is 27.8 Å². The molecule has 7 aromatic rings. The van der Waals surface area contributed by atoms with E-state index >= 15 is 4.39 Å². The van der Waals surface area contributed by atoms with Gasteiger partial charge in [0.1, 0.15) is 22.1 Å². The van der Waals surface area contributed by atoms with E-state index in [1.54, 1.807) is 33.1 Å². The summed E-state index contributed by atoms with van der Waals surface area (Å²) < 4.78 is 82.7. The lowest BCUT2D eigenvalue weighted by Crippen LogP contribution is -2.60. The van der Waals surface area contributed by atoms with E-state index in [-0.39, 0.29) is 63.8 Å². The monoisotopic (exact) mass is 1150 g/mol. The lowest BCUT2D eigenvalue weighted by Gasteiger charge is -2.58. The van der Waals surface area contributed by atoms with Crippen LogP contribution < -0.4 is 29.1 Å². The number of aromatic amines is 1. The number of piperidine rings is 1. The number of H-pyrrole nitrogens is 1. The van der Waals surface area contributed by atoms with Gasteiger partial charge < -0.3 is 38.9 Å². The van der Waals surface area contributed by atoms with Gasteiger partial charge in [0.15, 0.2) is 17.1 Å². The van der Waals surface area contributed by atoms with Gasteiger partial charge in [0.2, 0.25) is 5.82 Å². The van der Waals surface area contributed by atoms with Crippen molar-refractivity contribution in [3.05, 3.63) is 129 Å². The number of carbonyl (C=O) groups is 1. The van der Waals surface area contributed by atoms with Crippen LogP contribution >= 0.6 is 0 Å². The number of benzene rings is 3. The Balaban J connectivity index is 0.811. The number of hydrogen-bond donors (Lipinski definition) is 4. The van der Waals surface area contributed by atoms with Gasteiger partial charge >= 0.3 is 5.69 Å². The molecule has 4 aliphatic rings. The number of piperazine rings is 1. The number of aromatic nitrogens is 3. The van der Waals surface area contributed by atoms with Gasteiger partial charge in [-0.25, -0.2) is 22.5 Å². The number of ether oxygens (including phenoxy) is 3. The van der Waals surface area contributed by atoms with E-state index in [4.69, 9.17) is 18.6 Å². The third-order valence-electron chi connectivity index (χ3n) is 17.4. The van der Waals surface area contributed by atoms with Crippen molar-refractivity contribution in [3.8, 4) is 23.1 Å². The minimum absolute atomic E-state index is 0.00379. The number of nitrogens with one attached hydrogen (secondary N) is 3. The second-order valence-electron chi connectivity index (χ2n) is 23.1. The molecule has 11 rings (SSSR count). The zero-order chi connectivity index (χ0) is 57.7. The number of sulfonamides is 1. The number of amides is 1. The summed E-state index contributed by atoms with van der Waals surface area (Å²) in [6.07, 6.45) is 8.55. The largest absolute Gasteiger partial charge is 0.493 e. The summed E-state index contributed by atoms with van der Waals surface area (Å²) >= 11 is 0. The molecule has 3 aromatic carbocycles. The fourth-order valence-corrected chi connectivity index (χ4v) is 13.7. The normalized spacial score (nSPS) is 20.8. The van der Waals surface area contributed by atoms with Crippen LogP contribution in [0.2, 0.25) is 0 Å². The van der Waals surface area contributed by atoms with Gasteiger partial charge in [-0.1, -0.05) is 44.2 Å². The molecule has 0 unspecified atom stereocenters. The molecular weight excluding hydrogens is 1080 g/mol. The summed E-state index contributed by atoms with van der Waals surface area (Å²) in [5.41, 5.74) is 3.51. The SMILES string of the molecule is CCOc1nc2[nH]cc(F)c2cc1Oc1cc(N2CCC3(CC2)CC(N2CCN(Cc4ccc(OC)c5oc(F)cc45)C[C@H]2c2ccccc2C(C)C)C3)ccc1C(=O)NS(=O)(=O)c1cnc(NCC2CCC(C)(O)CC2)c([N+](=O)[O-])c1. The molecule has 2 saturated heterocycles. The Hall–Kier alpha value is -7.40. The number of aliphatic hydroxyl groups is 1. The average Bonchev–Trinajstić information content (AvgIpc) is 4.14. The summed E-state index contributed by atoms with van der Waals surface area (Å²) in [5.74, 6) is -0.972. The first-order valence-corrected chi connectivity index (χ1v) is 29.6. The summed E-state index contributed by atoms with van der Waals surface area (Å²) in [5, 5.41) is 26.4. The molecule has 1 amide bonds. The maximum Gasteiger partial charge on any atom is 0.312 e. The first kappa shape index (κ1) is 56.5. The number of fused-ring (bicyclic) bond motifs is 2. The molecule has 4 fully saturated rings. The maximum atomic E-state index is 15.0. The van der Waals surface area contributed by atoms with Gasteiger partial charge in [0.05, 0.1) is 41.4 Å². The molecule has 82 heavy (non-hydrogen) atoms. The molecule has 4 N–H and O–H groups in total. The number of rotatable bonds is 18. The Morgan fingerprint density at radius 3 is 2.48 bits per heavy atom. The Kier molecular flexibility index (Phi) is 15.7. The molecule has 22 heteroatoms. The minimum atomic E-state index is -4.77. The van der Waals surface area contributed by atoms with E-state index in [1.807, 2.05) is 12.1 Å². The Morgan fingerprint density at radius 2 is 1.74 bits per heavy atom. The quantitative estimate of drug-likeness (QED) is 0.0462. The van der Waals surface area contributed by atoms with Crippen LogP contribution in [0.15, 0.2) is 94.5 Å². The van der Waals surface area contributed by atoms with Gasteiger partial charge in [-0.3, -0.25) is 24.7 Å². The zero-order valence-electron chi connectivity index (χ0n) is 46.7. The molecule has 0 radical (unpaired) electrons. The number of hydrogen-bond acceptors (Lipinski definition) is 16. The molecule has 4 aromatic heterocycles. The number of furan rings is 1. The number of methoxy groups -OCH3 is 1. The molecule has 19 nitrogen and oxygen atoms in total. The lowest BCUT2D eigenvalue weighted by molar-refractivity contribution is -0.384. The fourth-order valence-electron chi connectivity index (χ4n) is 12.8. The highest BCUT2D eigenvalue weighted by Gasteiger charge is 2.50. The summed E-state index contributed by atoms with van der Waals surface area (Å²) in [4.78, 5) is 43.9. The summed E-state index contributed by atoms with van der Waals surface area (Å²) in [6.45, 7) is 13.0. The molecular formula is C60H69F2N9O10S. The van der Waals surface area contributed by atoms with Crippen LogP contribution in [0, 0.1) is 33.3 Å². The highest BCUT2D eigenvalue weighted by molar-refractivity contribution is 7.90. The van der Waals surface area contributed by atoms with Gasteiger partial charge in [-0.2, -0.15) is 9.37 Å². The number of carbonyl (C=O) groups excluding carboxylic acids is 1. The van der Waals surface area contributed by atoms with Crippen LogP contribution in [0.1, 0.15) is 118 Å². The molecule has 2 aliphatic heterocycles. The second kappa shape index (κ2) is 22.7. The molecule has 1 spiro atoms. The Labute approximate surface area is 474 Å². The highest BCUT2D eigenvalue weighted by Crippen LogP contribution is 2.54. The maximum absolute atomic E-state index is 15.0. The standard InChI is InChI=1S/C60H69F2N9O10S/c1-6-79-58-52(27-46-47(61)33-65-55(46)66-58)80-51-25-39(12-13-44(51)57(72)67-82(76,77)41-26-48(71(74)75)56(64-32-41)63-31-37-15-17-59(4,73)18-16-37)69-21-19-60(20-22-69)29-40(30-60)70-24-23-68(35-49(70)43-10-8-7-9-42(43)36(2)3)34-38-11-14-50(78-5)54-45(38)28-53(62)81-54/h7-14,25-28,32-33,36-37,40,49,73H,6,15-24,29-31,34-35H2,1-5H3,(H,63,64)(H,65,66)(H,67,72)/t37?,49-,59?/m0/s1. The number of nitrogens with zero attached hydrogens (tertiary/aromatic N) is 6. The molecule has 2 aliphatic carbocycles. The topological polar surface area (TPSA) is 231 Å². The van der Waals surface area contributed by atoms with Crippen LogP contribution in [-0.4, -0.2) is 114 Å². The van der Waals surface area contributed by atoms with Crippen LogP contribution in [0.3, 0.4) is 0 Å². The Morgan fingerprint density at radius 1 is 0.976 bits per heavy atom. The van der Waals surface area contributed by atoms with E-state index in [2.05, 4.69) is 77.8 Å². The molecule has 434 valence electrons. The molecule has 2 saturated carbocycles. The van der Waals surface area contributed by atoms with Crippen LogP contribution in [0.25, 0.3) is 22.0 Å². The number of anilines is 2. The van der Waals surface area contributed by atoms with Gasteiger partial charge in [0, 0.05) is 99.4 Å². The first-order valence-electron chi connectivity index (χ1n) is 28.2. The van der Waals surface area contributed by atoms with E-state index in [9.17, 15) is 32.8 Å². The fraction of sp³-hybridized carbons (Fsp3) is 0.450. The summed E-state index contributed by atoms with van der Waals surface area (Å²) in [7, 11) is -3.22. The average molecular weight is 1150 g/mol. The first-order chi connectivity index (χ1) is 39.3. The highest BCUT2D eigenvalue weighted by atomic mass is 32.2. The molecule has 0 bridgehead atoms. The number of pyridine rings is 2. The van der Waals surface area contributed by atoms with Crippen molar-refractivity contribution in [1.82, 2.24) is 29.5 Å². The van der Waals surface area contributed by atoms with Crippen molar-refractivity contribution >= 4 is 55.1 Å². The van der Waals surface area contributed by atoms with Gasteiger partial charge in [-0.05, 0) is 117 Å². The molecule has 6 heterocycles. The zero-order valence-corrected chi connectivity index (χ0v) is 47.5. The van der Waals surface area contributed by atoms with Crippen molar-refractivity contribution < 1.29 is 50.7 Å². The smallest absolute Gasteiger partial charge is 0.312 e. The predicted octanol–water partition coefficient (Wildman–Crippen LogP) is 11.0. The van der Waals surface area contributed by atoms with Crippen LogP contribution in [0.5, 0.6) is 23.1 Å².